The maximum Gasteiger partial charge on any atom is -0.147 e. The van der Waals surface area contributed by atoms with Gasteiger partial charge in [0, 0.05) is 0 Å². The van der Waals surface area contributed by atoms with Crippen LogP contribution in [-0.2, 0) is 26.0 Å². The minimum absolute atomic E-state index is 0. The van der Waals surface area contributed by atoms with Crippen LogP contribution in [0.2, 0.25) is 0 Å². The van der Waals surface area contributed by atoms with Crippen molar-refractivity contribution >= 4 is 37.2 Å². The van der Waals surface area contributed by atoms with E-state index >= 15 is 0 Å². The first kappa shape index (κ1) is 22.5. The van der Waals surface area contributed by atoms with E-state index in [-0.39, 0.29) is 42.8 Å². The van der Waals surface area contributed by atoms with E-state index in [1.807, 2.05) is 0 Å². The van der Waals surface area contributed by atoms with Crippen LogP contribution in [0.4, 0.5) is 0 Å². The molecular formula is C15H21Cl3NTi. The molecule has 0 bridgehead atoms. The number of likely N-dealkylation sites (N-methyl/N-ethyl adjacent to an activating group) is 1. The van der Waals surface area contributed by atoms with Crippen molar-refractivity contribution in [2.24, 2.45) is 0 Å². The second kappa shape index (κ2) is 9.30. The Morgan fingerprint density at radius 2 is 1.60 bits per heavy atom. The summed E-state index contributed by atoms with van der Waals surface area (Å²) in [6.45, 7) is 2.30. The topological polar surface area (TPSA) is 3.24 Å². The maximum absolute atomic E-state index is 2.30. The second-order valence-corrected chi connectivity index (χ2v) is 5.77. The maximum atomic E-state index is 2.30. The number of hydrogen-bond donors (Lipinski definition) is 0. The zero-order valence-corrected chi connectivity index (χ0v) is 15.9. The van der Waals surface area contributed by atoms with Crippen LogP contribution < -0.4 is 0 Å². The standard InChI is InChI=1S/C15H18N.3ClH.Ti/c1-15(16(2)3,14-11-7-8-12-14)13-9-5-4-6-10-13;;;;/h4-7,9-11H,8H2,1-3H3;3*1H;. The molecule has 1 aromatic carbocycles. The molecule has 0 aliphatic heterocycles. The Hall–Kier alpha value is 0.244. The van der Waals surface area contributed by atoms with Crippen LogP contribution in [0.25, 0.3) is 0 Å². The number of hydrogen-bond acceptors (Lipinski definition) is 1. The van der Waals surface area contributed by atoms with E-state index in [2.05, 4.69) is 88.8 Å². The fourth-order valence-corrected chi connectivity index (χ4v) is 3.07. The molecule has 1 aliphatic carbocycles. The molecule has 1 unspecified atom stereocenters. The first-order valence-electron chi connectivity index (χ1n) is 5.91. The van der Waals surface area contributed by atoms with Crippen LogP contribution in [0.5, 0.6) is 0 Å². The van der Waals surface area contributed by atoms with Crippen LogP contribution in [0.15, 0.2) is 51.9 Å². The third-order valence-corrected chi connectivity index (χ3v) is 4.43. The minimum Gasteiger partial charge on any atom is -0.147 e. The molecule has 111 valence electrons. The summed E-state index contributed by atoms with van der Waals surface area (Å²) in [4.78, 5) is 2.30. The van der Waals surface area contributed by atoms with Crippen molar-refractivity contribution in [2.45, 2.75) is 18.9 Å². The molecule has 20 heavy (non-hydrogen) atoms. The molecule has 0 saturated carbocycles. The molecule has 1 nitrogen and oxygen atoms in total. The van der Waals surface area contributed by atoms with E-state index in [1.54, 1.807) is 0 Å². The fraction of sp³-hybridized carbons (Fsp3) is 0.333. The van der Waals surface area contributed by atoms with E-state index in [9.17, 15) is 0 Å². The van der Waals surface area contributed by atoms with Gasteiger partial charge in [0.25, 0.3) is 0 Å². The van der Waals surface area contributed by atoms with Gasteiger partial charge < -0.3 is 0 Å². The normalized spacial score (nSPS) is 15.9. The summed E-state index contributed by atoms with van der Waals surface area (Å²) in [5.74, 6) is 0. The zero-order valence-electron chi connectivity index (χ0n) is 11.9. The van der Waals surface area contributed by atoms with Crippen LogP contribution >= 0.6 is 37.2 Å². The van der Waals surface area contributed by atoms with Gasteiger partial charge >= 0.3 is 116 Å². The van der Waals surface area contributed by atoms with E-state index in [0.717, 1.165) is 6.42 Å². The monoisotopic (exact) mass is 368 g/mol. The number of rotatable bonds is 3. The molecule has 2 rings (SSSR count). The summed E-state index contributed by atoms with van der Waals surface area (Å²) in [6.07, 6.45) is 5.63. The van der Waals surface area contributed by atoms with E-state index in [4.69, 9.17) is 0 Å². The van der Waals surface area contributed by atoms with E-state index < -0.39 is 0 Å². The second-order valence-electron chi connectivity index (χ2n) is 4.83. The number of benzene rings is 1. The Balaban J connectivity index is 0. The largest absolute Gasteiger partial charge is 0.147 e. The van der Waals surface area contributed by atoms with Crippen molar-refractivity contribution in [3.8, 4) is 0 Å². The summed E-state index contributed by atoms with van der Waals surface area (Å²) >= 11 is 2.24. The summed E-state index contributed by atoms with van der Waals surface area (Å²) in [7, 11) is 4.30. The number of nitrogens with zero attached hydrogens (tertiary/aromatic N) is 1. The molecule has 1 aromatic rings. The summed E-state index contributed by atoms with van der Waals surface area (Å²) in [6, 6.07) is 10.7. The molecule has 0 N–H and O–H groups in total. The van der Waals surface area contributed by atoms with Crippen molar-refractivity contribution in [1.29, 1.82) is 0 Å². The fourth-order valence-electron chi connectivity index (χ4n) is 2.38. The van der Waals surface area contributed by atoms with Gasteiger partial charge in [-0.05, 0) is 0 Å². The SMILES string of the molecule is CN(C)C(C)(C1=[C]([Ti])CC=C1)c1ccccc1.Cl.Cl.Cl. The summed E-state index contributed by atoms with van der Waals surface area (Å²) in [5, 5.41) is 0. The van der Waals surface area contributed by atoms with Gasteiger partial charge in [0.15, 0.2) is 0 Å². The van der Waals surface area contributed by atoms with Gasteiger partial charge in [-0.15, -0.1) is 37.2 Å². The van der Waals surface area contributed by atoms with E-state index in [0.29, 0.717) is 0 Å². The van der Waals surface area contributed by atoms with Gasteiger partial charge in [-0.25, -0.2) is 0 Å². The number of allylic oxidation sites excluding steroid dienone is 2. The molecule has 0 spiro atoms. The Labute approximate surface area is 152 Å². The minimum atomic E-state index is -0.0294. The third-order valence-electron chi connectivity index (χ3n) is 3.69. The molecule has 0 radical (unpaired) electrons. The molecule has 0 amide bonds. The molecule has 1 aliphatic rings. The molecule has 5 heteroatoms. The zero-order chi connectivity index (χ0) is 12.5. The van der Waals surface area contributed by atoms with Gasteiger partial charge in [0.1, 0.15) is 0 Å². The van der Waals surface area contributed by atoms with Crippen molar-refractivity contribution in [3.05, 3.63) is 57.5 Å². The van der Waals surface area contributed by atoms with Crippen LogP contribution in [-0.4, -0.2) is 19.0 Å². The Morgan fingerprint density at radius 1 is 1.05 bits per heavy atom. The Morgan fingerprint density at radius 3 is 2.00 bits per heavy atom. The average molecular weight is 370 g/mol. The summed E-state index contributed by atoms with van der Waals surface area (Å²) < 4.78 is 1.48. The predicted molar refractivity (Wildman–Crippen MR) is 90.0 cm³/mol. The van der Waals surface area contributed by atoms with Gasteiger partial charge in [-0.1, -0.05) is 0 Å². The first-order chi connectivity index (χ1) is 8.06. The molecule has 0 aromatic heterocycles. The smallest absolute Gasteiger partial charge is 0.147 e. The molecule has 0 fully saturated rings. The van der Waals surface area contributed by atoms with Crippen molar-refractivity contribution in [2.75, 3.05) is 14.1 Å². The van der Waals surface area contributed by atoms with Crippen LogP contribution in [0, 0.1) is 0 Å². The first-order valence-corrected chi connectivity index (χ1v) is 6.69. The van der Waals surface area contributed by atoms with Crippen LogP contribution in [0.3, 0.4) is 0 Å². The third kappa shape index (κ3) is 4.13. The van der Waals surface area contributed by atoms with Crippen molar-refractivity contribution < 1.29 is 20.4 Å². The average Bonchev–Trinajstić information content (AvgIpc) is 2.76. The Bertz CT molecular complexity index is 471. The van der Waals surface area contributed by atoms with Gasteiger partial charge in [-0.3, -0.25) is 0 Å². The predicted octanol–water partition coefficient (Wildman–Crippen LogP) is 4.49. The van der Waals surface area contributed by atoms with Crippen molar-refractivity contribution in [1.82, 2.24) is 4.90 Å². The molecule has 1 atom stereocenters. The molecule has 0 saturated heterocycles. The molecule has 0 heterocycles. The van der Waals surface area contributed by atoms with Gasteiger partial charge in [-0.2, -0.15) is 0 Å². The quantitative estimate of drug-likeness (QED) is 0.710. The van der Waals surface area contributed by atoms with E-state index in [1.165, 1.54) is 15.0 Å². The van der Waals surface area contributed by atoms with Gasteiger partial charge in [0.2, 0.25) is 0 Å². The van der Waals surface area contributed by atoms with Gasteiger partial charge in [0.05, 0.1) is 0 Å². The molecular weight excluding hydrogens is 348 g/mol. The Kier molecular flexibility index (Phi) is 10.5. The van der Waals surface area contributed by atoms with Crippen LogP contribution in [0.1, 0.15) is 18.9 Å². The summed E-state index contributed by atoms with van der Waals surface area (Å²) in [5.41, 5.74) is 2.76. The number of halogens is 3. The van der Waals surface area contributed by atoms with Crippen molar-refractivity contribution in [3.63, 3.8) is 0 Å².